The Morgan fingerprint density at radius 1 is 1.26 bits per heavy atom. The molecule has 2 aromatic rings. The van der Waals surface area contributed by atoms with E-state index in [9.17, 15) is 19.1 Å². The molecular weight excluding hydrogens is 475 g/mol. The molecule has 1 atom stereocenters. The van der Waals surface area contributed by atoms with E-state index in [-0.39, 0.29) is 46.6 Å². The number of nitrogens with one attached hydrogen (secondary N) is 1. The number of hydrogen-bond donors (Lipinski definition) is 2. The number of β-amino-alcohol motifs (C(OH)–C–C–N with tert-alkyl or cyclic N) is 1. The number of Topliss-reactive ketones (excluding diaryl/α,β-unsaturated/α-hetero) is 1. The van der Waals surface area contributed by atoms with Crippen molar-refractivity contribution in [2.75, 3.05) is 31.2 Å². The van der Waals surface area contributed by atoms with Crippen LogP contribution in [-0.2, 0) is 9.59 Å². The largest absolute Gasteiger partial charge is 0.484 e. The number of hydrogen-bond acceptors (Lipinski definition) is 6. The van der Waals surface area contributed by atoms with Gasteiger partial charge in [0.1, 0.15) is 17.3 Å². The van der Waals surface area contributed by atoms with Crippen molar-refractivity contribution in [1.82, 2.24) is 5.32 Å². The van der Waals surface area contributed by atoms with Crippen LogP contribution in [0.2, 0.25) is 5.02 Å². The molecule has 2 aromatic carbocycles. The number of nitrogens with zero attached hydrogens (tertiary/aromatic N) is 1. The number of anilines is 1. The number of halogens is 2. The van der Waals surface area contributed by atoms with Crippen LogP contribution >= 0.6 is 11.6 Å². The predicted octanol–water partition coefficient (Wildman–Crippen LogP) is 3.42. The second-order valence-corrected chi connectivity index (χ2v) is 10.5. The molecule has 3 aliphatic carbocycles. The highest BCUT2D eigenvalue weighted by Crippen LogP contribution is 2.69. The monoisotopic (exact) mass is 502 g/mol. The lowest BCUT2D eigenvalue weighted by Gasteiger charge is -2.70. The summed E-state index contributed by atoms with van der Waals surface area (Å²) in [5.74, 6) is 0.0707. The van der Waals surface area contributed by atoms with Crippen molar-refractivity contribution < 1.29 is 28.6 Å². The van der Waals surface area contributed by atoms with Crippen LogP contribution < -0.4 is 19.7 Å². The summed E-state index contributed by atoms with van der Waals surface area (Å²) in [7, 11) is 0. The zero-order valence-corrected chi connectivity index (χ0v) is 20.2. The minimum Gasteiger partial charge on any atom is -0.484 e. The first-order valence-corrected chi connectivity index (χ1v) is 12.1. The molecule has 9 heteroatoms. The van der Waals surface area contributed by atoms with E-state index in [0.717, 1.165) is 36.6 Å². The second-order valence-electron chi connectivity index (χ2n) is 10.1. The highest BCUT2D eigenvalue weighted by Gasteiger charge is 2.68. The number of aliphatic hydroxyl groups excluding tert-OH is 1. The molecule has 0 aromatic heterocycles. The summed E-state index contributed by atoms with van der Waals surface area (Å²) in [6, 6.07) is 9.86. The first-order chi connectivity index (χ1) is 16.7. The zero-order chi connectivity index (χ0) is 24.8. The van der Waals surface area contributed by atoms with E-state index in [1.807, 2.05) is 30.0 Å². The average molecular weight is 503 g/mol. The van der Waals surface area contributed by atoms with E-state index in [0.29, 0.717) is 25.3 Å². The van der Waals surface area contributed by atoms with E-state index >= 15 is 0 Å². The van der Waals surface area contributed by atoms with Crippen LogP contribution in [-0.4, -0.2) is 54.7 Å². The van der Waals surface area contributed by atoms with Gasteiger partial charge >= 0.3 is 0 Å². The summed E-state index contributed by atoms with van der Waals surface area (Å²) in [6.45, 7) is 2.63. The molecule has 3 saturated carbocycles. The molecule has 2 bridgehead atoms. The van der Waals surface area contributed by atoms with Gasteiger partial charge in [-0.25, -0.2) is 4.39 Å². The summed E-state index contributed by atoms with van der Waals surface area (Å²) >= 11 is 5.66. The molecule has 2 N–H and O–H groups in total. The van der Waals surface area contributed by atoms with Crippen molar-refractivity contribution in [3.8, 4) is 11.5 Å². The fraction of sp³-hybridized carbons (Fsp3) is 0.462. The quantitative estimate of drug-likeness (QED) is 0.546. The normalized spacial score (nSPS) is 26.1. The van der Waals surface area contributed by atoms with Gasteiger partial charge in [-0.3, -0.25) is 9.59 Å². The lowest BCUT2D eigenvalue weighted by atomic mass is 9.38. The Bertz CT molecular complexity index is 1150. The Hall–Kier alpha value is -2.84. The summed E-state index contributed by atoms with van der Waals surface area (Å²) in [6.07, 6.45) is 2.07. The van der Waals surface area contributed by atoms with Gasteiger partial charge in [-0.1, -0.05) is 17.7 Å². The molecule has 35 heavy (non-hydrogen) atoms. The second kappa shape index (κ2) is 8.99. The number of fused-ring (bicyclic) bond motifs is 1. The third-order valence-electron chi connectivity index (χ3n) is 7.19. The Labute approximate surface area is 208 Å². The van der Waals surface area contributed by atoms with Gasteiger partial charge < -0.3 is 24.8 Å². The standard InChI is InChI=1S/C26H28ClFN2O5/c1-16-2-5-22-20(8-16)30(6-7-31)11-23(35-22)21(32)10-25-13-26(14-25,15-25)29-24(33)12-34-17-3-4-18(27)19(28)9-17/h2-5,8-9,23,31H,6-7,10-15H2,1H3,(H,29,33). The van der Waals surface area contributed by atoms with Crippen LogP contribution in [0, 0.1) is 18.2 Å². The molecule has 1 amide bonds. The maximum atomic E-state index is 13.5. The van der Waals surface area contributed by atoms with Crippen molar-refractivity contribution in [3.63, 3.8) is 0 Å². The van der Waals surface area contributed by atoms with E-state index < -0.39 is 11.9 Å². The number of ketones is 1. The van der Waals surface area contributed by atoms with Crippen LogP contribution in [0.5, 0.6) is 11.5 Å². The van der Waals surface area contributed by atoms with Crippen LogP contribution in [0.4, 0.5) is 10.1 Å². The number of ether oxygens (including phenoxy) is 2. The molecule has 186 valence electrons. The topological polar surface area (TPSA) is 88.1 Å². The van der Waals surface area contributed by atoms with Gasteiger partial charge in [0, 0.05) is 24.6 Å². The number of rotatable bonds is 9. The lowest BCUT2D eigenvalue weighted by molar-refractivity contribution is -0.175. The molecule has 4 aliphatic rings. The Morgan fingerprint density at radius 3 is 2.74 bits per heavy atom. The summed E-state index contributed by atoms with van der Waals surface area (Å²) in [5.41, 5.74) is 1.61. The highest BCUT2D eigenvalue weighted by atomic mass is 35.5. The summed E-state index contributed by atoms with van der Waals surface area (Å²) in [5, 5.41) is 12.5. The molecular formula is C26H28ClFN2O5. The van der Waals surface area contributed by atoms with E-state index in [4.69, 9.17) is 21.1 Å². The number of amides is 1. The van der Waals surface area contributed by atoms with E-state index in [1.165, 1.54) is 12.1 Å². The van der Waals surface area contributed by atoms with Gasteiger partial charge in [0.15, 0.2) is 18.5 Å². The SMILES string of the molecule is Cc1ccc2c(c1)N(CCO)CC(C(=O)CC13CC(NC(=O)COc4ccc(Cl)c(F)c4)(C1)C3)O2. The molecule has 6 rings (SSSR count). The van der Waals surface area contributed by atoms with Crippen LogP contribution in [0.25, 0.3) is 0 Å². The molecule has 1 aliphatic heterocycles. The number of benzene rings is 2. The van der Waals surface area contributed by atoms with Gasteiger partial charge in [-0.15, -0.1) is 0 Å². The van der Waals surface area contributed by atoms with Gasteiger partial charge in [0.2, 0.25) is 0 Å². The summed E-state index contributed by atoms with van der Waals surface area (Å²) in [4.78, 5) is 27.5. The van der Waals surface area contributed by atoms with Crippen LogP contribution in [0.3, 0.4) is 0 Å². The third-order valence-corrected chi connectivity index (χ3v) is 7.50. The Kier molecular flexibility index (Phi) is 6.13. The highest BCUT2D eigenvalue weighted by molar-refractivity contribution is 6.30. The zero-order valence-electron chi connectivity index (χ0n) is 19.5. The molecule has 0 radical (unpaired) electrons. The number of carbonyl (C=O) groups excluding carboxylic acids is 2. The average Bonchev–Trinajstić information content (AvgIpc) is 2.78. The van der Waals surface area contributed by atoms with Crippen molar-refractivity contribution >= 4 is 29.0 Å². The molecule has 1 unspecified atom stereocenters. The van der Waals surface area contributed by atoms with Gasteiger partial charge in [0.05, 0.1) is 23.9 Å². The molecule has 7 nitrogen and oxygen atoms in total. The van der Waals surface area contributed by atoms with Gasteiger partial charge in [-0.05, 0) is 61.4 Å². The third kappa shape index (κ3) is 4.69. The van der Waals surface area contributed by atoms with Gasteiger partial charge in [-0.2, -0.15) is 0 Å². The smallest absolute Gasteiger partial charge is 0.258 e. The first-order valence-electron chi connectivity index (χ1n) is 11.7. The van der Waals surface area contributed by atoms with Crippen molar-refractivity contribution in [2.24, 2.45) is 5.41 Å². The maximum absolute atomic E-state index is 13.5. The Balaban J connectivity index is 1.11. The van der Waals surface area contributed by atoms with Crippen molar-refractivity contribution in [3.05, 3.63) is 52.8 Å². The van der Waals surface area contributed by atoms with Gasteiger partial charge in [0.25, 0.3) is 5.91 Å². The van der Waals surface area contributed by atoms with E-state index in [1.54, 1.807) is 0 Å². The first kappa shape index (κ1) is 23.9. The lowest BCUT2D eigenvalue weighted by Crippen LogP contribution is -2.75. The fourth-order valence-electron chi connectivity index (χ4n) is 5.81. The van der Waals surface area contributed by atoms with Crippen molar-refractivity contribution in [2.45, 2.75) is 44.2 Å². The van der Waals surface area contributed by atoms with E-state index in [2.05, 4.69) is 5.32 Å². The number of carbonyl (C=O) groups is 2. The maximum Gasteiger partial charge on any atom is 0.258 e. The minimum atomic E-state index is -0.601. The fourth-order valence-corrected chi connectivity index (χ4v) is 5.93. The molecule has 1 heterocycles. The summed E-state index contributed by atoms with van der Waals surface area (Å²) < 4.78 is 24.9. The predicted molar refractivity (Wildman–Crippen MR) is 129 cm³/mol. The molecule has 0 spiro atoms. The number of aliphatic hydroxyl groups is 1. The molecule has 3 fully saturated rings. The van der Waals surface area contributed by atoms with Crippen LogP contribution in [0.1, 0.15) is 31.2 Å². The number of aryl methyl sites for hydroxylation is 1. The van der Waals surface area contributed by atoms with Crippen LogP contribution in [0.15, 0.2) is 36.4 Å². The molecule has 0 saturated heterocycles. The minimum absolute atomic E-state index is 0.00286. The van der Waals surface area contributed by atoms with Crippen molar-refractivity contribution in [1.29, 1.82) is 0 Å². The Morgan fingerprint density at radius 2 is 2.03 bits per heavy atom.